The Balaban J connectivity index is 1.58. The summed E-state index contributed by atoms with van der Waals surface area (Å²) in [5, 5.41) is 4.05. The number of aromatic nitrogens is 3. The van der Waals surface area contributed by atoms with Gasteiger partial charge in [-0.2, -0.15) is 0 Å². The third kappa shape index (κ3) is 4.16. The number of nitrogens with one attached hydrogen (secondary N) is 1. The molecule has 0 fully saturated rings. The first-order valence-electron chi connectivity index (χ1n) is 7.59. The number of rotatable bonds is 5. The highest BCUT2D eigenvalue weighted by Crippen LogP contribution is 2.25. The highest BCUT2D eigenvalue weighted by atomic mass is 32.1. The molecule has 0 aliphatic rings. The fourth-order valence-corrected chi connectivity index (χ4v) is 2.85. The molecule has 1 N–H and O–H groups in total. The highest BCUT2D eigenvalue weighted by Gasteiger charge is 2.19. The van der Waals surface area contributed by atoms with E-state index in [0.717, 1.165) is 35.4 Å². The predicted molar refractivity (Wildman–Crippen MR) is 92.2 cm³/mol. The van der Waals surface area contributed by atoms with Gasteiger partial charge in [0.05, 0.1) is 6.20 Å². The van der Waals surface area contributed by atoms with Gasteiger partial charge >= 0.3 is 0 Å². The van der Waals surface area contributed by atoms with E-state index in [1.807, 2.05) is 30.6 Å². The summed E-state index contributed by atoms with van der Waals surface area (Å²) in [4.78, 5) is 14.2. The first kappa shape index (κ1) is 15.7. The zero-order valence-electron chi connectivity index (χ0n) is 13.5. The summed E-state index contributed by atoms with van der Waals surface area (Å²) in [6, 6.07) is 5.75. The molecule has 0 saturated heterocycles. The van der Waals surface area contributed by atoms with Crippen LogP contribution in [-0.4, -0.2) is 15.0 Å². The van der Waals surface area contributed by atoms with Gasteiger partial charge in [0.2, 0.25) is 0 Å². The van der Waals surface area contributed by atoms with Gasteiger partial charge in [0.25, 0.3) is 0 Å². The third-order valence-corrected chi connectivity index (χ3v) is 4.30. The van der Waals surface area contributed by atoms with Crippen molar-refractivity contribution in [2.45, 2.75) is 39.0 Å². The standard InChI is InChI=1S/C17H20N4OS/c1-17(2,3)13-11-19-15(22-13)8-7-12-10-20-16(23-12)21-14-6-4-5-9-18-14/h4-6,9-11H,7-8H2,1-3H3,(H,18,20,21). The molecule has 0 spiro atoms. The van der Waals surface area contributed by atoms with Crippen molar-refractivity contribution >= 4 is 22.3 Å². The summed E-state index contributed by atoms with van der Waals surface area (Å²) in [7, 11) is 0. The highest BCUT2D eigenvalue weighted by molar-refractivity contribution is 7.15. The summed E-state index contributed by atoms with van der Waals surface area (Å²) in [6.45, 7) is 6.36. The minimum Gasteiger partial charge on any atom is -0.445 e. The number of hydrogen-bond donors (Lipinski definition) is 1. The number of nitrogens with zero attached hydrogens (tertiary/aromatic N) is 3. The van der Waals surface area contributed by atoms with Gasteiger partial charge in [-0.25, -0.2) is 15.0 Å². The third-order valence-electron chi connectivity index (χ3n) is 3.33. The lowest BCUT2D eigenvalue weighted by Gasteiger charge is -2.12. The molecule has 0 aliphatic heterocycles. The lowest BCUT2D eigenvalue weighted by molar-refractivity contribution is 0.382. The maximum atomic E-state index is 5.82. The van der Waals surface area contributed by atoms with Gasteiger partial charge in [-0.15, -0.1) is 11.3 Å². The lowest BCUT2D eigenvalue weighted by atomic mass is 9.94. The number of aryl methyl sites for hydroxylation is 2. The van der Waals surface area contributed by atoms with E-state index in [4.69, 9.17) is 4.42 Å². The van der Waals surface area contributed by atoms with Crippen LogP contribution in [0.5, 0.6) is 0 Å². The monoisotopic (exact) mass is 328 g/mol. The molecule has 0 atom stereocenters. The van der Waals surface area contributed by atoms with Gasteiger partial charge in [0.15, 0.2) is 11.0 Å². The molecule has 0 saturated carbocycles. The van der Waals surface area contributed by atoms with Gasteiger partial charge in [0.1, 0.15) is 11.6 Å². The van der Waals surface area contributed by atoms with Crippen LogP contribution in [0.3, 0.4) is 0 Å². The molecule has 3 aromatic heterocycles. The quantitative estimate of drug-likeness (QED) is 0.754. The fraction of sp³-hybridized carbons (Fsp3) is 0.353. The number of thiazole rings is 1. The van der Waals surface area contributed by atoms with Gasteiger partial charge in [-0.3, -0.25) is 0 Å². The van der Waals surface area contributed by atoms with Gasteiger partial charge in [-0.05, 0) is 18.6 Å². The van der Waals surface area contributed by atoms with Gasteiger partial charge in [-0.1, -0.05) is 26.8 Å². The number of hydrogen-bond acceptors (Lipinski definition) is 6. The molecular formula is C17H20N4OS. The Kier molecular flexibility index (Phi) is 4.43. The number of anilines is 2. The second-order valence-electron chi connectivity index (χ2n) is 6.34. The lowest BCUT2D eigenvalue weighted by Crippen LogP contribution is -2.09. The van der Waals surface area contributed by atoms with Crippen LogP contribution in [0.2, 0.25) is 0 Å². The van der Waals surface area contributed by atoms with E-state index in [2.05, 4.69) is 41.0 Å². The first-order chi connectivity index (χ1) is 11.0. The number of pyridine rings is 1. The van der Waals surface area contributed by atoms with Crippen molar-refractivity contribution in [2.24, 2.45) is 0 Å². The smallest absolute Gasteiger partial charge is 0.194 e. The van der Waals surface area contributed by atoms with Crippen molar-refractivity contribution in [3.8, 4) is 0 Å². The normalized spacial score (nSPS) is 11.6. The summed E-state index contributed by atoms with van der Waals surface area (Å²) >= 11 is 1.63. The Bertz CT molecular complexity index is 758. The van der Waals surface area contributed by atoms with Crippen LogP contribution in [0.25, 0.3) is 0 Å². The molecule has 3 aromatic rings. The predicted octanol–water partition coefficient (Wildman–Crippen LogP) is 4.35. The summed E-state index contributed by atoms with van der Waals surface area (Å²) in [5.74, 6) is 2.51. The van der Waals surface area contributed by atoms with E-state index < -0.39 is 0 Å². The SMILES string of the molecule is CC(C)(C)c1cnc(CCc2cnc(Nc3ccccn3)s2)o1. The average molecular weight is 328 g/mol. The van der Waals surface area contributed by atoms with Crippen molar-refractivity contribution in [3.63, 3.8) is 0 Å². The van der Waals surface area contributed by atoms with Gasteiger partial charge in [0, 0.05) is 29.1 Å². The maximum absolute atomic E-state index is 5.82. The zero-order valence-corrected chi connectivity index (χ0v) is 14.4. The van der Waals surface area contributed by atoms with Crippen molar-refractivity contribution in [1.82, 2.24) is 15.0 Å². The largest absolute Gasteiger partial charge is 0.445 e. The second kappa shape index (κ2) is 6.50. The fourth-order valence-electron chi connectivity index (χ4n) is 2.03. The summed E-state index contributed by atoms with van der Waals surface area (Å²) in [6.07, 6.45) is 7.12. The number of oxazole rings is 1. The minimum atomic E-state index is -0.00445. The Labute approximate surface area is 139 Å². The van der Waals surface area contributed by atoms with Crippen LogP contribution in [0, 0.1) is 0 Å². The Hall–Kier alpha value is -2.21. The van der Waals surface area contributed by atoms with E-state index in [1.54, 1.807) is 17.5 Å². The molecule has 0 unspecified atom stereocenters. The zero-order chi connectivity index (χ0) is 16.3. The Morgan fingerprint density at radius 1 is 1.09 bits per heavy atom. The van der Waals surface area contributed by atoms with Crippen LogP contribution in [-0.2, 0) is 18.3 Å². The molecular weight excluding hydrogens is 308 g/mol. The molecule has 0 bridgehead atoms. The molecule has 5 nitrogen and oxygen atoms in total. The van der Waals surface area contributed by atoms with E-state index in [1.165, 1.54) is 4.88 Å². The van der Waals surface area contributed by atoms with Crippen LogP contribution >= 0.6 is 11.3 Å². The molecule has 0 amide bonds. The van der Waals surface area contributed by atoms with Crippen LogP contribution in [0.15, 0.2) is 41.2 Å². The Morgan fingerprint density at radius 2 is 1.96 bits per heavy atom. The summed E-state index contributed by atoms with van der Waals surface area (Å²) in [5.41, 5.74) is -0.00445. The molecule has 0 aliphatic carbocycles. The Morgan fingerprint density at radius 3 is 2.65 bits per heavy atom. The molecule has 120 valence electrons. The van der Waals surface area contributed by atoms with Crippen LogP contribution in [0.4, 0.5) is 10.9 Å². The topological polar surface area (TPSA) is 63.8 Å². The van der Waals surface area contributed by atoms with E-state index in [0.29, 0.717) is 0 Å². The molecule has 0 radical (unpaired) electrons. The second-order valence-corrected chi connectivity index (χ2v) is 7.46. The maximum Gasteiger partial charge on any atom is 0.194 e. The van der Waals surface area contributed by atoms with Crippen molar-refractivity contribution in [1.29, 1.82) is 0 Å². The van der Waals surface area contributed by atoms with E-state index in [9.17, 15) is 0 Å². The molecule has 23 heavy (non-hydrogen) atoms. The van der Waals surface area contributed by atoms with Crippen molar-refractivity contribution < 1.29 is 4.42 Å². The van der Waals surface area contributed by atoms with Crippen LogP contribution < -0.4 is 5.32 Å². The molecule has 6 heteroatoms. The van der Waals surface area contributed by atoms with Gasteiger partial charge < -0.3 is 9.73 Å². The average Bonchev–Trinajstić information content (AvgIpc) is 3.15. The molecule has 3 heterocycles. The van der Waals surface area contributed by atoms with Crippen molar-refractivity contribution in [2.75, 3.05) is 5.32 Å². The van der Waals surface area contributed by atoms with E-state index in [-0.39, 0.29) is 5.41 Å². The summed E-state index contributed by atoms with van der Waals surface area (Å²) < 4.78 is 5.82. The van der Waals surface area contributed by atoms with E-state index >= 15 is 0 Å². The molecule has 0 aromatic carbocycles. The minimum absolute atomic E-state index is 0.00445. The molecule has 3 rings (SSSR count). The van der Waals surface area contributed by atoms with Crippen LogP contribution in [0.1, 0.15) is 37.3 Å². The van der Waals surface area contributed by atoms with Crippen molar-refractivity contribution in [3.05, 3.63) is 53.3 Å². The first-order valence-corrected chi connectivity index (χ1v) is 8.40.